The molecule has 3 rings (SSSR count). The summed E-state index contributed by atoms with van der Waals surface area (Å²) in [4.78, 5) is 15.9. The van der Waals surface area contributed by atoms with Gasteiger partial charge in [0.15, 0.2) is 0 Å². The maximum absolute atomic E-state index is 12.8. The Kier molecular flexibility index (Phi) is 5.31. The van der Waals surface area contributed by atoms with Crippen LogP contribution < -0.4 is 4.74 Å². The van der Waals surface area contributed by atoms with Crippen LogP contribution in [0.15, 0.2) is 41.8 Å². The number of methoxy groups -OCH3 is 1. The molecule has 2 heterocycles. The molecule has 0 aliphatic carbocycles. The number of thiophene rings is 1. The summed E-state index contributed by atoms with van der Waals surface area (Å²) in [6, 6.07) is 11.9. The molecular weight excluding hydrogens is 310 g/mol. The van der Waals surface area contributed by atoms with Crippen molar-refractivity contribution in [3.05, 3.63) is 52.2 Å². The van der Waals surface area contributed by atoms with E-state index in [1.165, 1.54) is 4.88 Å². The SMILES string of the molecule is COc1ccccc1CN(Cc1cccs1)C(=O)C1CCCO1. The Hall–Kier alpha value is -1.85. The van der Waals surface area contributed by atoms with Crippen LogP contribution in [0.3, 0.4) is 0 Å². The summed E-state index contributed by atoms with van der Waals surface area (Å²) >= 11 is 1.67. The fourth-order valence-electron chi connectivity index (χ4n) is 2.82. The number of hydrogen-bond acceptors (Lipinski definition) is 4. The molecule has 0 N–H and O–H groups in total. The van der Waals surface area contributed by atoms with Gasteiger partial charge in [-0.25, -0.2) is 0 Å². The zero-order chi connectivity index (χ0) is 16.1. The standard InChI is InChI=1S/C18H21NO3S/c1-21-16-8-3-2-6-14(16)12-19(13-15-7-5-11-23-15)18(20)17-9-4-10-22-17/h2-3,5-8,11,17H,4,9-10,12-13H2,1H3. The maximum atomic E-state index is 12.8. The summed E-state index contributed by atoms with van der Waals surface area (Å²) in [7, 11) is 1.66. The minimum Gasteiger partial charge on any atom is -0.496 e. The second-order valence-electron chi connectivity index (χ2n) is 5.59. The van der Waals surface area contributed by atoms with Crippen molar-refractivity contribution in [3.8, 4) is 5.75 Å². The van der Waals surface area contributed by atoms with E-state index >= 15 is 0 Å². The minimum atomic E-state index is -0.301. The minimum absolute atomic E-state index is 0.0711. The van der Waals surface area contributed by atoms with Gasteiger partial charge >= 0.3 is 0 Å². The van der Waals surface area contributed by atoms with Crippen molar-refractivity contribution in [1.82, 2.24) is 4.90 Å². The Morgan fingerprint density at radius 2 is 2.17 bits per heavy atom. The Bertz CT molecular complexity index is 635. The zero-order valence-corrected chi connectivity index (χ0v) is 14.1. The third kappa shape index (κ3) is 3.92. The number of para-hydroxylation sites is 1. The van der Waals surface area contributed by atoms with Crippen molar-refractivity contribution in [3.63, 3.8) is 0 Å². The first-order valence-corrected chi connectivity index (χ1v) is 8.70. The van der Waals surface area contributed by atoms with Crippen molar-refractivity contribution in [1.29, 1.82) is 0 Å². The molecule has 23 heavy (non-hydrogen) atoms. The number of ether oxygens (including phenoxy) is 2. The predicted octanol–water partition coefficient (Wildman–Crippen LogP) is 3.46. The van der Waals surface area contributed by atoms with E-state index in [1.54, 1.807) is 18.4 Å². The van der Waals surface area contributed by atoms with E-state index in [0.29, 0.717) is 19.7 Å². The third-order valence-electron chi connectivity index (χ3n) is 4.00. The molecule has 1 saturated heterocycles. The van der Waals surface area contributed by atoms with Gasteiger partial charge in [-0.05, 0) is 30.4 Å². The fraction of sp³-hybridized carbons (Fsp3) is 0.389. The largest absolute Gasteiger partial charge is 0.496 e. The second kappa shape index (κ2) is 7.62. The molecule has 1 aliphatic heterocycles. The molecule has 0 bridgehead atoms. The van der Waals surface area contributed by atoms with Gasteiger partial charge in [0.2, 0.25) is 0 Å². The van der Waals surface area contributed by atoms with Crippen LogP contribution in [0.5, 0.6) is 5.75 Å². The van der Waals surface area contributed by atoms with Crippen LogP contribution in [0.1, 0.15) is 23.3 Å². The first-order valence-electron chi connectivity index (χ1n) is 7.82. The van der Waals surface area contributed by atoms with Crippen molar-refractivity contribution in [2.45, 2.75) is 32.0 Å². The first kappa shape index (κ1) is 16.0. The number of benzene rings is 1. The van der Waals surface area contributed by atoms with Crippen LogP contribution in [0.4, 0.5) is 0 Å². The summed E-state index contributed by atoms with van der Waals surface area (Å²) in [5.41, 5.74) is 1.01. The number of amides is 1. The van der Waals surface area contributed by atoms with Crippen LogP contribution in [0.2, 0.25) is 0 Å². The highest BCUT2D eigenvalue weighted by Gasteiger charge is 2.29. The molecule has 0 spiro atoms. The fourth-order valence-corrected chi connectivity index (χ4v) is 3.54. The second-order valence-corrected chi connectivity index (χ2v) is 6.62. The summed E-state index contributed by atoms with van der Waals surface area (Å²) in [6.07, 6.45) is 1.47. The van der Waals surface area contributed by atoms with Gasteiger partial charge in [0, 0.05) is 23.6 Å². The van der Waals surface area contributed by atoms with Gasteiger partial charge in [0.1, 0.15) is 11.9 Å². The molecule has 1 aliphatic rings. The quantitative estimate of drug-likeness (QED) is 0.813. The van der Waals surface area contributed by atoms with Gasteiger partial charge in [-0.1, -0.05) is 24.3 Å². The van der Waals surface area contributed by atoms with Gasteiger partial charge in [0.25, 0.3) is 5.91 Å². The average Bonchev–Trinajstić information content (AvgIpc) is 3.27. The van der Waals surface area contributed by atoms with Crippen LogP contribution in [-0.4, -0.2) is 30.6 Å². The zero-order valence-electron chi connectivity index (χ0n) is 13.2. The third-order valence-corrected chi connectivity index (χ3v) is 4.86. The molecule has 1 amide bonds. The van der Waals surface area contributed by atoms with Crippen molar-refractivity contribution in [2.75, 3.05) is 13.7 Å². The highest BCUT2D eigenvalue weighted by molar-refractivity contribution is 7.09. The Balaban J connectivity index is 1.80. The van der Waals surface area contributed by atoms with E-state index in [0.717, 1.165) is 24.2 Å². The van der Waals surface area contributed by atoms with Gasteiger partial charge < -0.3 is 14.4 Å². The molecule has 4 nitrogen and oxygen atoms in total. The summed E-state index contributed by atoms with van der Waals surface area (Å²) in [5, 5.41) is 2.03. The molecule has 1 aromatic heterocycles. The van der Waals surface area contributed by atoms with Crippen LogP contribution in [0, 0.1) is 0 Å². The Morgan fingerprint density at radius 1 is 1.30 bits per heavy atom. The molecule has 0 saturated carbocycles. The van der Waals surface area contributed by atoms with Gasteiger partial charge in [-0.3, -0.25) is 4.79 Å². The number of rotatable bonds is 6. The average molecular weight is 331 g/mol. The lowest BCUT2D eigenvalue weighted by Crippen LogP contribution is -2.38. The normalized spacial score (nSPS) is 17.2. The summed E-state index contributed by atoms with van der Waals surface area (Å²) in [6.45, 7) is 1.81. The van der Waals surface area contributed by atoms with Gasteiger partial charge in [-0.2, -0.15) is 0 Å². The van der Waals surface area contributed by atoms with E-state index in [1.807, 2.05) is 40.6 Å². The van der Waals surface area contributed by atoms with Crippen LogP contribution in [-0.2, 0) is 22.6 Å². The monoisotopic (exact) mass is 331 g/mol. The number of nitrogens with zero attached hydrogens (tertiary/aromatic N) is 1. The number of carbonyl (C=O) groups is 1. The number of hydrogen-bond donors (Lipinski definition) is 0. The molecule has 122 valence electrons. The molecular formula is C18H21NO3S. The van der Waals surface area contributed by atoms with E-state index in [-0.39, 0.29) is 12.0 Å². The lowest BCUT2D eigenvalue weighted by molar-refractivity contribution is -0.142. The van der Waals surface area contributed by atoms with Crippen molar-refractivity contribution < 1.29 is 14.3 Å². The van der Waals surface area contributed by atoms with Gasteiger partial charge in [-0.15, -0.1) is 11.3 Å². The van der Waals surface area contributed by atoms with E-state index in [9.17, 15) is 4.79 Å². The summed E-state index contributed by atoms with van der Waals surface area (Å²) < 4.78 is 11.0. The molecule has 1 atom stereocenters. The summed E-state index contributed by atoms with van der Waals surface area (Å²) in [5.74, 6) is 0.880. The lowest BCUT2D eigenvalue weighted by atomic mass is 10.1. The highest BCUT2D eigenvalue weighted by atomic mass is 32.1. The topological polar surface area (TPSA) is 38.8 Å². The van der Waals surface area contributed by atoms with Crippen LogP contribution in [0.25, 0.3) is 0 Å². The van der Waals surface area contributed by atoms with E-state index < -0.39 is 0 Å². The molecule has 1 unspecified atom stereocenters. The first-order chi connectivity index (χ1) is 11.3. The van der Waals surface area contributed by atoms with E-state index in [4.69, 9.17) is 9.47 Å². The van der Waals surface area contributed by atoms with Crippen LogP contribution >= 0.6 is 11.3 Å². The molecule has 5 heteroatoms. The van der Waals surface area contributed by atoms with Crippen molar-refractivity contribution >= 4 is 17.2 Å². The molecule has 1 aromatic carbocycles. The smallest absolute Gasteiger partial charge is 0.252 e. The number of carbonyl (C=O) groups excluding carboxylic acids is 1. The highest BCUT2D eigenvalue weighted by Crippen LogP contribution is 2.24. The molecule has 1 fully saturated rings. The predicted molar refractivity (Wildman–Crippen MR) is 90.5 cm³/mol. The van der Waals surface area contributed by atoms with E-state index in [2.05, 4.69) is 6.07 Å². The lowest BCUT2D eigenvalue weighted by Gasteiger charge is -2.25. The van der Waals surface area contributed by atoms with Crippen molar-refractivity contribution in [2.24, 2.45) is 0 Å². The maximum Gasteiger partial charge on any atom is 0.252 e. The molecule has 0 radical (unpaired) electrons. The Morgan fingerprint density at radius 3 is 2.87 bits per heavy atom. The van der Waals surface area contributed by atoms with Gasteiger partial charge in [0.05, 0.1) is 13.7 Å². The Labute approximate surface area is 140 Å². The molecule has 2 aromatic rings.